The second-order valence-electron chi connectivity index (χ2n) is 2.38. The summed E-state index contributed by atoms with van der Waals surface area (Å²) in [6.45, 7) is 0.810. The highest BCUT2D eigenvalue weighted by Crippen LogP contribution is 2.15. The third kappa shape index (κ3) is 1.27. The highest BCUT2D eigenvalue weighted by Gasteiger charge is 2.28. The zero-order chi connectivity index (χ0) is 7.56. The van der Waals surface area contributed by atoms with Crippen molar-refractivity contribution in [3.05, 3.63) is 0 Å². The third-order valence-corrected chi connectivity index (χ3v) is 1.77. The molecule has 0 aromatic carbocycles. The first-order chi connectivity index (χ1) is 4.75. The van der Waals surface area contributed by atoms with Crippen molar-refractivity contribution in [1.82, 2.24) is 5.06 Å². The summed E-state index contributed by atoms with van der Waals surface area (Å²) in [7, 11) is 1.56. The minimum atomic E-state index is -0.292. The predicted molar refractivity (Wildman–Crippen MR) is 35.9 cm³/mol. The molecule has 0 aliphatic carbocycles. The molecule has 0 spiro atoms. The molecule has 4 nitrogen and oxygen atoms in total. The summed E-state index contributed by atoms with van der Waals surface area (Å²) in [5.74, 6) is -0.292. The van der Waals surface area contributed by atoms with Crippen molar-refractivity contribution < 1.29 is 9.63 Å². The van der Waals surface area contributed by atoms with E-state index in [4.69, 9.17) is 10.6 Å². The van der Waals surface area contributed by atoms with Crippen molar-refractivity contribution >= 4 is 5.91 Å². The average Bonchev–Trinajstić information content (AvgIpc) is 2.33. The van der Waals surface area contributed by atoms with Gasteiger partial charge in [-0.3, -0.25) is 4.79 Å². The van der Waals surface area contributed by atoms with Gasteiger partial charge in [0.05, 0.1) is 7.11 Å². The number of nitrogens with two attached hydrogens (primary N) is 1. The number of hydrogen-bond acceptors (Lipinski definition) is 3. The fourth-order valence-corrected chi connectivity index (χ4v) is 1.24. The molecule has 1 fully saturated rings. The molecular formula is C6H12N2O2. The lowest BCUT2D eigenvalue weighted by molar-refractivity contribution is -0.157. The quantitative estimate of drug-likeness (QED) is 0.568. The monoisotopic (exact) mass is 144 g/mol. The number of carbonyl (C=O) groups excluding carboxylic acids is 1. The molecule has 2 N–H and O–H groups in total. The largest absolute Gasteiger partial charge is 0.368 e. The molecule has 1 unspecified atom stereocenters. The Kier molecular flexibility index (Phi) is 2.24. The highest BCUT2D eigenvalue weighted by atomic mass is 16.7. The Morgan fingerprint density at radius 2 is 2.50 bits per heavy atom. The van der Waals surface area contributed by atoms with E-state index in [9.17, 15) is 4.79 Å². The molecule has 1 aliphatic heterocycles. The molecule has 10 heavy (non-hydrogen) atoms. The van der Waals surface area contributed by atoms with Gasteiger partial charge in [0.25, 0.3) is 0 Å². The zero-order valence-electron chi connectivity index (χ0n) is 6.04. The van der Waals surface area contributed by atoms with E-state index < -0.39 is 0 Å². The molecule has 1 heterocycles. The summed E-state index contributed by atoms with van der Waals surface area (Å²) in [5, 5.41) is 1.63. The van der Waals surface area contributed by atoms with Gasteiger partial charge in [-0.1, -0.05) is 0 Å². The summed E-state index contributed by atoms with van der Waals surface area (Å²) < 4.78 is 0. The van der Waals surface area contributed by atoms with Gasteiger partial charge in [-0.2, -0.15) is 5.06 Å². The van der Waals surface area contributed by atoms with E-state index in [1.54, 1.807) is 12.2 Å². The molecule has 0 radical (unpaired) electrons. The Balaban J connectivity index is 2.50. The maximum Gasteiger partial charge on any atom is 0.237 e. The maximum absolute atomic E-state index is 10.7. The Morgan fingerprint density at radius 3 is 2.90 bits per heavy atom. The predicted octanol–water partition coefficient (Wildman–Crippen LogP) is -0.503. The number of nitrogens with zero attached hydrogens (tertiary/aromatic N) is 1. The van der Waals surface area contributed by atoms with Gasteiger partial charge in [0.15, 0.2) is 0 Å². The number of amides is 1. The Morgan fingerprint density at radius 1 is 1.80 bits per heavy atom. The van der Waals surface area contributed by atoms with E-state index in [0.29, 0.717) is 0 Å². The molecule has 1 amide bonds. The van der Waals surface area contributed by atoms with E-state index in [1.807, 2.05) is 0 Å². The van der Waals surface area contributed by atoms with E-state index in [0.717, 1.165) is 19.4 Å². The first kappa shape index (κ1) is 7.50. The number of hydrogen-bond donors (Lipinski definition) is 1. The first-order valence-corrected chi connectivity index (χ1v) is 3.35. The SMILES string of the molecule is CON1CCCC1C(N)=O. The Bertz CT molecular complexity index is 138. The minimum absolute atomic E-state index is 0.204. The van der Waals surface area contributed by atoms with E-state index in [-0.39, 0.29) is 11.9 Å². The van der Waals surface area contributed by atoms with Gasteiger partial charge < -0.3 is 10.6 Å². The third-order valence-electron chi connectivity index (χ3n) is 1.77. The zero-order valence-corrected chi connectivity index (χ0v) is 6.04. The van der Waals surface area contributed by atoms with Crippen LogP contribution < -0.4 is 5.73 Å². The van der Waals surface area contributed by atoms with Crippen LogP contribution in [0.2, 0.25) is 0 Å². The first-order valence-electron chi connectivity index (χ1n) is 3.35. The van der Waals surface area contributed by atoms with Crippen LogP contribution in [-0.4, -0.2) is 30.7 Å². The average molecular weight is 144 g/mol. The normalized spacial score (nSPS) is 27.1. The van der Waals surface area contributed by atoms with Crippen molar-refractivity contribution in [2.75, 3.05) is 13.7 Å². The van der Waals surface area contributed by atoms with Crippen LogP contribution in [0.5, 0.6) is 0 Å². The van der Waals surface area contributed by atoms with Gasteiger partial charge in [-0.05, 0) is 12.8 Å². The maximum atomic E-state index is 10.7. The number of rotatable bonds is 2. The minimum Gasteiger partial charge on any atom is -0.368 e. The molecule has 1 saturated heterocycles. The van der Waals surface area contributed by atoms with E-state index >= 15 is 0 Å². The molecule has 0 aromatic rings. The fraction of sp³-hybridized carbons (Fsp3) is 0.833. The van der Waals surface area contributed by atoms with E-state index in [2.05, 4.69) is 0 Å². The van der Waals surface area contributed by atoms with Crippen LogP contribution in [0.4, 0.5) is 0 Å². The molecule has 4 heteroatoms. The molecule has 0 bridgehead atoms. The van der Waals surface area contributed by atoms with Gasteiger partial charge in [-0.15, -0.1) is 0 Å². The highest BCUT2D eigenvalue weighted by molar-refractivity contribution is 5.79. The Labute approximate surface area is 59.9 Å². The number of carbonyl (C=O) groups is 1. The molecule has 58 valence electrons. The standard InChI is InChI=1S/C6H12N2O2/c1-10-8-4-2-3-5(8)6(7)9/h5H,2-4H2,1H3,(H2,7,9). The van der Waals surface area contributed by atoms with Crippen molar-refractivity contribution in [2.45, 2.75) is 18.9 Å². The Hall–Kier alpha value is -0.610. The lowest BCUT2D eigenvalue weighted by atomic mass is 10.2. The summed E-state index contributed by atoms with van der Waals surface area (Å²) >= 11 is 0. The van der Waals surface area contributed by atoms with Crippen LogP contribution in [0.25, 0.3) is 0 Å². The van der Waals surface area contributed by atoms with Crippen LogP contribution in [0, 0.1) is 0 Å². The van der Waals surface area contributed by atoms with Crippen LogP contribution in [0.15, 0.2) is 0 Å². The van der Waals surface area contributed by atoms with E-state index in [1.165, 1.54) is 0 Å². The molecule has 1 aliphatic rings. The van der Waals surface area contributed by atoms with Crippen LogP contribution >= 0.6 is 0 Å². The van der Waals surface area contributed by atoms with Gasteiger partial charge in [-0.25, -0.2) is 0 Å². The summed E-state index contributed by atoms with van der Waals surface area (Å²) in [6, 6.07) is -0.204. The molecule has 1 rings (SSSR count). The van der Waals surface area contributed by atoms with Gasteiger partial charge in [0.1, 0.15) is 6.04 Å². The fourth-order valence-electron chi connectivity index (χ4n) is 1.24. The van der Waals surface area contributed by atoms with Crippen LogP contribution in [-0.2, 0) is 9.63 Å². The second-order valence-corrected chi connectivity index (χ2v) is 2.38. The summed E-state index contributed by atoms with van der Waals surface area (Å²) in [5.41, 5.74) is 5.10. The van der Waals surface area contributed by atoms with Crippen molar-refractivity contribution in [3.63, 3.8) is 0 Å². The van der Waals surface area contributed by atoms with Gasteiger partial charge in [0, 0.05) is 6.54 Å². The van der Waals surface area contributed by atoms with Crippen molar-refractivity contribution in [3.8, 4) is 0 Å². The summed E-state index contributed by atoms with van der Waals surface area (Å²) in [4.78, 5) is 15.6. The number of hydroxylamine groups is 2. The second kappa shape index (κ2) is 2.98. The van der Waals surface area contributed by atoms with Crippen molar-refractivity contribution in [1.29, 1.82) is 0 Å². The summed E-state index contributed by atoms with van der Waals surface area (Å²) in [6.07, 6.45) is 1.81. The van der Waals surface area contributed by atoms with Crippen LogP contribution in [0.1, 0.15) is 12.8 Å². The van der Waals surface area contributed by atoms with Gasteiger partial charge in [0.2, 0.25) is 5.91 Å². The molecule has 0 aromatic heterocycles. The molecule has 1 atom stereocenters. The smallest absolute Gasteiger partial charge is 0.237 e. The lowest BCUT2D eigenvalue weighted by Gasteiger charge is -2.17. The van der Waals surface area contributed by atoms with Crippen molar-refractivity contribution in [2.24, 2.45) is 5.73 Å². The van der Waals surface area contributed by atoms with Crippen LogP contribution in [0.3, 0.4) is 0 Å². The number of primary amides is 1. The lowest BCUT2D eigenvalue weighted by Crippen LogP contribution is -2.39. The molecular weight excluding hydrogens is 132 g/mol. The van der Waals surface area contributed by atoms with Gasteiger partial charge >= 0.3 is 0 Å². The molecule has 0 saturated carbocycles. The topological polar surface area (TPSA) is 55.6 Å².